The fraction of sp³-hybridized carbons (Fsp3) is 1.00. The first-order chi connectivity index (χ1) is 8.24. The van der Waals surface area contributed by atoms with Crippen LogP contribution < -0.4 is 0 Å². The van der Waals surface area contributed by atoms with E-state index in [0.717, 1.165) is 19.0 Å². The normalized spacial score (nSPS) is 12.0. The molecule has 0 atom stereocenters. The van der Waals surface area contributed by atoms with Crippen molar-refractivity contribution in [1.82, 2.24) is 0 Å². The van der Waals surface area contributed by atoms with Crippen LogP contribution >= 0.6 is 12.6 Å². The van der Waals surface area contributed by atoms with Gasteiger partial charge in [0, 0.05) is 12.0 Å². The van der Waals surface area contributed by atoms with Crippen LogP contribution in [0.15, 0.2) is 0 Å². The number of rotatable bonds is 12. The molecular formula is C15H32OS. The van der Waals surface area contributed by atoms with Gasteiger partial charge >= 0.3 is 0 Å². The first-order valence-corrected chi connectivity index (χ1v) is 8.06. The monoisotopic (exact) mass is 260 g/mol. The van der Waals surface area contributed by atoms with E-state index in [4.69, 9.17) is 4.74 Å². The molecule has 0 spiro atoms. The van der Waals surface area contributed by atoms with Crippen molar-refractivity contribution in [3.63, 3.8) is 0 Å². The molecule has 0 amide bonds. The second kappa shape index (κ2) is 11.4. The Bertz CT molecular complexity index is 153. The van der Waals surface area contributed by atoms with E-state index in [-0.39, 0.29) is 0 Å². The van der Waals surface area contributed by atoms with E-state index in [2.05, 4.69) is 33.4 Å². The van der Waals surface area contributed by atoms with Gasteiger partial charge in [-0.05, 0) is 25.0 Å². The van der Waals surface area contributed by atoms with Crippen LogP contribution in [0.1, 0.15) is 72.1 Å². The van der Waals surface area contributed by atoms with Crippen molar-refractivity contribution >= 4 is 12.6 Å². The van der Waals surface area contributed by atoms with Crippen LogP contribution in [0, 0.1) is 5.41 Å². The smallest absolute Gasteiger partial charge is 0.0530 e. The molecule has 0 fully saturated rings. The molecule has 0 aromatic rings. The van der Waals surface area contributed by atoms with Gasteiger partial charge in [0.2, 0.25) is 0 Å². The summed E-state index contributed by atoms with van der Waals surface area (Å²) in [5.74, 6) is 0.962. The highest BCUT2D eigenvalue weighted by Crippen LogP contribution is 2.31. The molecule has 0 aliphatic rings. The molecule has 0 radical (unpaired) electrons. The maximum absolute atomic E-state index is 5.89. The Morgan fingerprint density at radius 2 is 1.53 bits per heavy atom. The summed E-state index contributed by atoms with van der Waals surface area (Å²) < 4.78 is 5.89. The predicted molar refractivity (Wildman–Crippen MR) is 81.1 cm³/mol. The molecule has 0 N–H and O–H groups in total. The summed E-state index contributed by atoms with van der Waals surface area (Å²) in [7, 11) is 0. The van der Waals surface area contributed by atoms with Crippen molar-refractivity contribution in [2.45, 2.75) is 72.1 Å². The lowest BCUT2D eigenvalue weighted by atomic mass is 9.82. The van der Waals surface area contributed by atoms with E-state index in [0.29, 0.717) is 5.41 Å². The van der Waals surface area contributed by atoms with Crippen LogP contribution in [0.4, 0.5) is 0 Å². The van der Waals surface area contributed by atoms with E-state index in [1.165, 1.54) is 51.4 Å². The standard InChI is InChI=1S/C15H32OS/c1-4-7-8-9-12-16-13-15(14-17,10-5-2)11-6-3/h17H,4-14H2,1-3H3. The topological polar surface area (TPSA) is 9.23 Å². The molecule has 17 heavy (non-hydrogen) atoms. The first-order valence-electron chi connectivity index (χ1n) is 7.43. The molecule has 1 nitrogen and oxygen atoms in total. The summed E-state index contributed by atoms with van der Waals surface area (Å²) in [6.07, 6.45) is 10.1. The van der Waals surface area contributed by atoms with E-state index in [1.54, 1.807) is 0 Å². The molecule has 0 heterocycles. The highest BCUT2D eigenvalue weighted by atomic mass is 32.1. The van der Waals surface area contributed by atoms with Gasteiger partial charge < -0.3 is 4.74 Å². The third kappa shape index (κ3) is 8.10. The summed E-state index contributed by atoms with van der Waals surface area (Å²) in [4.78, 5) is 0. The summed E-state index contributed by atoms with van der Waals surface area (Å²) in [6.45, 7) is 8.60. The molecule has 2 heteroatoms. The second-order valence-corrected chi connectivity index (χ2v) is 5.59. The maximum atomic E-state index is 5.89. The van der Waals surface area contributed by atoms with Crippen LogP contribution in [0.2, 0.25) is 0 Å². The number of unbranched alkanes of at least 4 members (excludes halogenated alkanes) is 3. The minimum atomic E-state index is 0.331. The zero-order chi connectivity index (χ0) is 13.0. The summed E-state index contributed by atoms with van der Waals surface area (Å²) in [5, 5.41) is 0. The Hall–Kier alpha value is 0.310. The van der Waals surface area contributed by atoms with Crippen molar-refractivity contribution in [3.8, 4) is 0 Å². The Balaban J connectivity index is 3.82. The van der Waals surface area contributed by atoms with Crippen molar-refractivity contribution in [2.75, 3.05) is 19.0 Å². The van der Waals surface area contributed by atoms with Gasteiger partial charge in [-0.25, -0.2) is 0 Å². The molecule has 0 rings (SSSR count). The predicted octanol–water partition coefficient (Wildman–Crippen LogP) is 5.10. The van der Waals surface area contributed by atoms with Gasteiger partial charge in [0.15, 0.2) is 0 Å². The van der Waals surface area contributed by atoms with E-state index in [1.807, 2.05) is 0 Å². The number of thiol groups is 1. The molecule has 0 aliphatic carbocycles. The van der Waals surface area contributed by atoms with E-state index in [9.17, 15) is 0 Å². The largest absolute Gasteiger partial charge is 0.381 e. The number of hydrogen-bond acceptors (Lipinski definition) is 2. The molecule has 0 saturated heterocycles. The van der Waals surface area contributed by atoms with Gasteiger partial charge in [0.05, 0.1) is 6.61 Å². The summed E-state index contributed by atoms with van der Waals surface area (Å²) in [6, 6.07) is 0. The average Bonchev–Trinajstić information content (AvgIpc) is 2.34. The van der Waals surface area contributed by atoms with Crippen molar-refractivity contribution in [1.29, 1.82) is 0 Å². The molecule has 0 bridgehead atoms. The Kier molecular flexibility index (Phi) is 11.6. The Morgan fingerprint density at radius 1 is 0.882 bits per heavy atom. The van der Waals surface area contributed by atoms with Crippen molar-refractivity contribution < 1.29 is 4.74 Å². The fourth-order valence-electron chi connectivity index (χ4n) is 2.45. The molecule has 0 aliphatic heterocycles. The highest BCUT2D eigenvalue weighted by Gasteiger charge is 2.26. The van der Waals surface area contributed by atoms with Gasteiger partial charge in [-0.15, -0.1) is 0 Å². The molecular weight excluding hydrogens is 228 g/mol. The van der Waals surface area contributed by atoms with Crippen LogP contribution in [-0.2, 0) is 4.74 Å². The average molecular weight is 260 g/mol. The minimum absolute atomic E-state index is 0.331. The van der Waals surface area contributed by atoms with Crippen LogP contribution in [0.3, 0.4) is 0 Å². The first kappa shape index (κ1) is 17.3. The van der Waals surface area contributed by atoms with Gasteiger partial charge in [0.25, 0.3) is 0 Å². The van der Waals surface area contributed by atoms with Crippen molar-refractivity contribution in [2.24, 2.45) is 5.41 Å². The molecule has 0 aromatic carbocycles. The van der Waals surface area contributed by atoms with Gasteiger partial charge in [-0.1, -0.05) is 52.9 Å². The minimum Gasteiger partial charge on any atom is -0.381 e. The van der Waals surface area contributed by atoms with Gasteiger partial charge in [-0.2, -0.15) is 12.6 Å². The van der Waals surface area contributed by atoms with Crippen LogP contribution in [0.25, 0.3) is 0 Å². The zero-order valence-electron chi connectivity index (χ0n) is 12.1. The lowest BCUT2D eigenvalue weighted by Gasteiger charge is -2.31. The van der Waals surface area contributed by atoms with E-state index >= 15 is 0 Å². The molecule has 0 aromatic heterocycles. The number of ether oxygens (including phenoxy) is 1. The Morgan fingerprint density at radius 3 is 2.00 bits per heavy atom. The highest BCUT2D eigenvalue weighted by molar-refractivity contribution is 7.80. The molecule has 0 unspecified atom stereocenters. The fourth-order valence-corrected chi connectivity index (χ4v) is 2.86. The Labute approximate surface area is 114 Å². The molecule has 0 saturated carbocycles. The quantitative estimate of drug-likeness (QED) is 0.379. The van der Waals surface area contributed by atoms with Gasteiger partial charge in [0.1, 0.15) is 0 Å². The maximum Gasteiger partial charge on any atom is 0.0530 e. The number of hydrogen-bond donors (Lipinski definition) is 1. The van der Waals surface area contributed by atoms with Crippen LogP contribution in [0.5, 0.6) is 0 Å². The van der Waals surface area contributed by atoms with Crippen LogP contribution in [-0.4, -0.2) is 19.0 Å². The lowest BCUT2D eigenvalue weighted by molar-refractivity contribution is 0.0430. The summed E-state index contributed by atoms with van der Waals surface area (Å²) in [5.41, 5.74) is 0.331. The third-order valence-electron chi connectivity index (χ3n) is 3.45. The zero-order valence-corrected chi connectivity index (χ0v) is 13.0. The van der Waals surface area contributed by atoms with Crippen molar-refractivity contribution in [3.05, 3.63) is 0 Å². The molecule has 104 valence electrons. The summed E-state index contributed by atoms with van der Waals surface area (Å²) >= 11 is 4.55. The van der Waals surface area contributed by atoms with Gasteiger partial charge in [-0.3, -0.25) is 0 Å². The SMILES string of the molecule is CCCCCCOCC(CS)(CCC)CCC. The lowest BCUT2D eigenvalue weighted by Crippen LogP contribution is -2.29. The third-order valence-corrected chi connectivity index (χ3v) is 4.12. The second-order valence-electron chi connectivity index (χ2n) is 5.27. The van der Waals surface area contributed by atoms with E-state index < -0.39 is 0 Å².